The van der Waals surface area contributed by atoms with Crippen molar-refractivity contribution in [3.05, 3.63) is 47.0 Å². The second-order valence-corrected chi connectivity index (χ2v) is 4.88. The smallest absolute Gasteiger partial charge is 0.250 e. The standard InChI is InChI=1S/C13H12ClNO2/c14-11-8-12(16)15(10-6-7-10)13(11,17)9-4-2-1-3-5-9/h1-5,8,10,17H,6-7H2. The van der Waals surface area contributed by atoms with Gasteiger partial charge in [-0.3, -0.25) is 9.69 Å². The first-order valence-electron chi connectivity index (χ1n) is 5.63. The van der Waals surface area contributed by atoms with Crippen LogP contribution < -0.4 is 0 Å². The summed E-state index contributed by atoms with van der Waals surface area (Å²) in [6.45, 7) is 0. The molecule has 1 amide bonds. The molecule has 1 saturated carbocycles. The average molecular weight is 250 g/mol. The summed E-state index contributed by atoms with van der Waals surface area (Å²) in [5, 5.41) is 11.0. The quantitative estimate of drug-likeness (QED) is 0.871. The van der Waals surface area contributed by atoms with Crippen molar-refractivity contribution in [3.8, 4) is 0 Å². The van der Waals surface area contributed by atoms with Gasteiger partial charge in [-0.1, -0.05) is 41.9 Å². The molecule has 4 heteroatoms. The molecule has 0 saturated heterocycles. The SMILES string of the molecule is O=C1C=C(Cl)C(O)(c2ccccc2)N1C1CC1. The average Bonchev–Trinajstić information content (AvgIpc) is 3.11. The summed E-state index contributed by atoms with van der Waals surface area (Å²) in [6.07, 6.45) is 3.17. The zero-order chi connectivity index (χ0) is 12.0. The van der Waals surface area contributed by atoms with Gasteiger partial charge in [-0.05, 0) is 12.8 Å². The van der Waals surface area contributed by atoms with Gasteiger partial charge in [0.15, 0.2) is 0 Å². The van der Waals surface area contributed by atoms with E-state index in [2.05, 4.69) is 0 Å². The number of carbonyl (C=O) groups excluding carboxylic acids is 1. The number of benzene rings is 1. The van der Waals surface area contributed by atoms with E-state index >= 15 is 0 Å². The molecular weight excluding hydrogens is 238 g/mol. The van der Waals surface area contributed by atoms with Gasteiger partial charge in [0, 0.05) is 17.7 Å². The highest BCUT2D eigenvalue weighted by atomic mass is 35.5. The molecule has 1 aliphatic carbocycles. The van der Waals surface area contributed by atoms with Crippen molar-refractivity contribution in [2.45, 2.75) is 24.6 Å². The number of carbonyl (C=O) groups is 1. The molecule has 0 spiro atoms. The van der Waals surface area contributed by atoms with Gasteiger partial charge in [0.2, 0.25) is 5.72 Å². The summed E-state index contributed by atoms with van der Waals surface area (Å²) >= 11 is 6.06. The topological polar surface area (TPSA) is 40.5 Å². The second kappa shape index (κ2) is 3.59. The fourth-order valence-corrected chi connectivity index (χ4v) is 2.57. The molecule has 1 N–H and O–H groups in total. The van der Waals surface area contributed by atoms with E-state index in [9.17, 15) is 9.90 Å². The molecule has 1 aromatic carbocycles. The lowest BCUT2D eigenvalue weighted by Crippen LogP contribution is -2.46. The van der Waals surface area contributed by atoms with Crippen LogP contribution in [0.4, 0.5) is 0 Å². The van der Waals surface area contributed by atoms with Crippen molar-refractivity contribution in [1.82, 2.24) is 4.90 Å². The molecule has 2 aliphatic rings. The fourth-order valence-electron chi connectivity index (χ4n) is 2.28. The number of aliphatic hydroxyl groups is 1. The van der Waals surface area contributed by atoms with E-state index in [1.165, 1.54) is 11.0 Å². The highest BCUT2D eigenvalue weighted by Crippen LogP contribution is 2.46. The number of hydrogen-bond acceptors (Lipinski definition) is 2. The molecule has 3 rings (SSSR count). The largest absolute Gasteiger partial charge is 0.362 e. The minimum Gasteiger partial charge on any atom is -0.362 e. The highest BCUT2D eigenvalue weighted by molar-refractivity contribution is 6.33. The molecule has 0 bridgehead atoms. The number of rotatable bonds is 2. The van der Waals surface area contributed by atoms with Crippen molar-refractivity contribution >= 4 is 17.5 Å². The molecular formula is C13H12ClNO2. The summed E-state index contributed by atoms with van der Waals surface area (Å²) in [4.78, 5) is 13.4. The van der Waals surface area contributed by atoms with E-state index in [0.717, 1.165) is 12.8 Å². The summed E-state index contributed by atoms with van der Waals surface area (Å²) < 4.78 is 0. The van der Waals surface area contributed by atoms with Gasteiger partial charge in [0.05, 0.1) is 5.03 Å². The van der Waals surface area contributed by atoms with Crippen molar-refractivity contribution in [2.24, 2.45) is 0 Å². The van der Waals surface area contributed by atoms with Crippen LogP contribution in [-0.4, -0.2) is 22.0 Å². The van der Waals surface area contributed by atoms with E-state index in [-0.39, 0.29) is 17.0 Å². The molecule has 1 aromatic rings. The van der Waals surface area contributed by atoms with Crippen molar-refractivity contribution in [2.75, 3.05) is 0 Å². The predicted octanol–water partition coefficient (Wildman–Crippen LogP) is 1.96. The Hall–Kier alpha value is -1.32. The van der Waals surface area contributed by atoms with Gasteiger partial charge in [-0.15, -0.1) is 0 Å². The van der Waals surface area contributed by atoms with Gasteiger partial charge in [-0.2, -0.15) is 0 Å². The third-order valence-corrected chi connectivity index (χ3v) is 3.63. The maximum atomic E-state index is 11.9. The van der Waals surface area contributed by atoms with Gasteiger partial charge >= 0.3 is 0 Å². The van der Waals surface area contributed by atoms with E-state index in [1.54, 1.807) is 12.1 Å². The molecule has 1 aliphatic heterocycles. The Morgan fingerprint density at radius 3 is 2.53 bits per heavy atom. The Balaban J connectivity index is 2.09. The van der Waals surface area contributed by atoms with Gasteiger partial charge in [0.1, 0.15) is 0 Å². The van der Waals surface area contributed by atoms with Crippen LogP contribution >= 0.6 is 11.6 Å². The third kappa shape index (κ3) is 1.50. The zero-order valence-corrected chi connectivity index (χ0v) is 9.89. The van der Waals surface area contributed by atoms with Crippen molar-refractivity contribution in [3.63, 3.8) is 0 Å². The van der Waals surface area contributed by atoms with Gasteiger partial charge < -0.3 is 5.11 Å². The van der Waals surface area contributed by atoms with Crippen LogP contribution in [0.3, 0.4) is 0 Å². The Labute approximate surface area is 104 Å². The molecule has 17 heavy (non-hydrogen) atoms. The Kier molecular flexibility index (Phi) is 2.28. The number of hydrogen-bond donors (Lipinski definition) is 1. The molecule has 1 atom stereocenters. The second-order valence-electron chi connectivity index (χ2n) is 4.47. The minimum atomic E-state index is -1.47. The maximum Gasteiger partial charge on any atom is 0.250 e. The van der Waals surface area contributed by atoms with E-state index in [4.69, 9.17) is 11.6 Å². The molecule has 0 aromatic heterocycles. The molecule has 0 radical (unpaired) electrons. The Morgan fingerprint density at radius 2 is 1.94 bits per heavy atom. The van der Waals surface area contributed by atoms with Crippen LogP contribution in [0.5, 0.6) is 0 Å². The number of amides is 1. The molecule has 1 fully saturated rings. The number of halogens is 1. The molecule has 88 valence electrons. The molecule has 1 unspecified atom stereocenters. The van der Waals surface area contributed by atoms with E-state index in [0.29, 0.717) is 5.56 Å². The van der Waals surface area contributed by atoms with Crippen LogP contribution in [0.2, 0.25) is 0 Å². The van der Waals surface area contributed by atoms with Crippen molar-refractivity contribution < 1.29 is 9.90 Å². The third-order valence-electron chi connectivity index (χ3n) is 3.26. The van der Waals surface area contributed by atoms with Crippen LogP contribution in [0, 0.1) is 0 Å². The monoisotopic (exact) mass is 249 g/mol. The van der Waals surface area contributed by atoms with Gasteiger partial charge in [0.25, 0.3) is 5.91 Å². The Morgan fingerprint density at radius 1 is 1.29 bits per heavy atom. The van der Waals surface area contributed by atoms with Crippen LogP contribution in [0.25, 0.3) is 0 Å². The summed E-state index contributed by atoms with van der Waals surface area (Å²) in [6, 6.07) is 9.19. The van der Waals surface area contributed by atoms with Crippen LogP contribution in [0.15, 0.2) is 41.4 Å². The predicted molar refractivity (Wildman–Crippen MR) is 64.1 cm³/mol. The first-order chi connectivity index (χ1) is 8.14. The number of nitrogens with zero attached hydrogens (tertiary/aromatic N) is 1. The van der Waals surface area contributed by atoms with Crippen LogP contribution in [-0.2, 0) is 10.5 Å². The van der Waals surface area contributed by atoms with Crippen molar-refractivity contribution in [1.29, 1.82) is 0 Å². The first kappa shape index (κ1) is 10.8. The summed E-state index contributed by atoms with van der Waals surface area (Å²) in [5.74, 6) is -0.205. The first-order valence-corrected chi connectivity index (χ1v) is 6.00. The molecule has 3 nitrogen and oxygen atoms in total. The normalized spacial score (nSPS) is 28.5. The highest BCUT2D eigenvalue weighted by Gasteiger charge is 2.52. The van der Waals surface area contributed by atoms with Gasteiger partial charge in [-0.25, -0.2) is 0 Å². The summed E-state index contributed by atoms with van der Waals surface area (Å²) in [5.41, 5.74) is -0.833. The van der Waals surface area contributed by atoms with E-state index in [1.807, 2.05) is 18.2 Å². The lowest BCUT2D eigenvalue weighted by Gasteiger charge is -2.35. The zero-order valence-electron chi connectivity index (χ0n) is 9.14. The fraction of sp³-hybridized carbons (Fsp3) is 0.308. The van der Waals surface area contributed by atoms with E-state index < -0.39 is 5.72 Å². The summed E-state index contributed by atoms with van der Waals surface area (Å²) in [7, 11) is 0. The lowest BCUT2D eigenvalue weighted by molar-refractivity contribution is -0.144. The maximum absolute atomic E-state index is 11.9. The van der Waals surface area contributed by atoms with Crippen LogP contribution in [0.1, 0.15) is 18.4 Å². The Bertz CT molecular complexity index is 495. The minimum absolute atomic E-state index is 0.111. The molecule has 1 heterocycles. The lowest BCUT2D eigenvalue weighted by atomic mass is 10.0.